The average Bonchev–Trinajstić information content (AvgIpc) is 2.76. The zero-order valence-electron chi connectivity index (χ0n) is 17.0. The van der Waals surface area contributed by atoms with Crippen LogP contribution in [0, 0.1) is 0 Å². The molecule has 3 N–H and O–H groups in total. The Kier molecular flexibility index (Phi) is 10.6. The van der Waals surface area contributed by atoms with Gasteiger partial charge in [-0.25, -0.2) is 0 Å². The second-order valence-electron chi connectivity index (χ2n) is 6.56. The second kappa shape index (κ2) is 13.2. The normalized spacial score (nSPS) is 12.9. The first kappa shape index (κ1) is 23.2. The molecule has 0 fully saturated rings. The summed E-state index contributed by atoms with van der Waals surface area (Å²) in [7, 11) is 3.16. The van der Waals surface area contributed by atoms with Crippen LogP contribution < -0.4 is 15.4 Å². The van der Waals surface area contributed by atoms with Crippen molar-refractivity contribution in [3.8, 4) is 5.75 Å². The molecule has 7 heteroatoms. The number of aliphatic hydroxyl groups excluding tert-OH is 1. The molecule has 2 aromatic carbocycles. The number of benzene rings is 2. The molecule has 2 aromatic rings. The van der Waals surface area contributed by atoms with E-state index in [0.29, 0.717) is 19.5 Å². The summed E-state index contributed by atoms with van der Waals surface area (Å²) in [5.74, 6) is 1.38. The first-order valence-electron chi connectivity index (χ1n) is 9.62. The topological polar surface area (TPSA) is 79.8 Å². The largest absolute Gasteiger partial charge is 0.497 e. The number of nitrogens with one attached hydrogen (secondary N) is 2. The molecule has 0 radical (unpaired) electrons. The van der Waals surface area contributed by atoms with Crippen LogP contribution in [0.25, 0.3) is 0 Å². The molecule has 0 saturated heterocycles. The standard InChI is InChI=1S/C22H30N2O4S/c1-27-19-8-6-7-17(13-19)14-23-15-18(25)16-24-22(26)21(28-2)11-12-29-20-9-4-3-5-10-20/h3-10,13,18,21,23,25H,11-12,14-16H2,1-2H3,(H,24,26). The lowest BCUT2D eigenvalue weighted by Crippen LogP contribution is -2.42. The molecule has 6 nitrogen and oxygen atoms in total. The van der Waals surface area contributed by atoms with Gasteiger partial charge in [-0.15, -0.1) is 11.8 Å². The molecular formula is C22H30N2O4S. The van der Waals surface area contributed by atoms with Gasteiger partial charge in [-0.3, -0.25) is 4.79 Å². The Balaban J connectivity index is 1.63. The van der Waals surface area contributed by atoms with Crippen molar-refractivity contribution in [2.45, 2.75) is 30.1 Å². The minimum Gasteiger partial charge on any atom is -0.497 e. The van der Waals surface area contributed by atoms with E-state index in [-0.39, 0.29) is 12.5 Å². The van der Waals surface area contributed by atoms with Gasteiger partial charge in [-0.05, 0) is 36.2 Å². The van der Waals surface area contributed by atoms with Gasteiger partial charge in [0, 0.05) is 37.4 Å². The van der Waals surface area contributed by atoms with Crippen LogP contribution in [-0.2, 0) is 16.1 Å². The molecule has 1 amide bonds. The third-order valence-corrected chi connectivity index (χ3v) is 5.37. The third-order valence-electron chi connectivity index (χ3n) is 4.32. The maximum atomic E-state index is 12.3. The number of aliphatic hydroxyl groups is 1. The molecule has 2 atom stereocenters. The van der Waals surface area contributed by atoms with Gasteiger partial charge in [-0.1, -0.05) is 30.3 Å². The highest BCUT2D eigenvalue weighted by molar-refractivity contribution is 7.99. The van der Waals surface area contributed by atoms with Crippen molar-refractivity contribution in [1.29, 1.82) is 0 Å². The van der Waals surface area contributed by atoms with E-state index >= 15 is 0 Å². The number of hydrogen-bond donors (Lipinski definition) is 3. The Morgan fingerprint density at radius 3 is 2.62 bits per heavy atom. The SMILES string of the molecule is COc1cccc(CNCC(O)CNC(=O)C(CCSc2ccccc2)OC)c1. The summed E-state index contributed by atoms with van der Waals surface area (Å²) in [4.78, 5) is 13.5. The zero-order valence-corrected chi connectivity index (χ0v) is 17.8. The molecule has 0 spiro atoms. The summed E-state index contributed by atoms with van der Waals surface area (Å²) in [5, 5.41) is 16.1. The quantitative estimate of drug-likeness (QED) is 0.434. The van der Waals surface area contributed by atoms with E-state index in [2.05, 4.69) is 10.6 Å². The summed E-state index contributed by atoms with van der Waals surface area (Å²) in [5.41, 5.74) is 1.07. The van der Waals surface area contributed by atoms with E-state index in [4.69, 9.17) is 9.47 Å². The second-order valence-corrected chi connectivity index (χ2v) is 7.72. The van der Waals surface area contributed by atoms with Crippen LogP contribution in [0.4, 0.5) is 0 Å². The van der Waals surface area contributed by atoms with Gasteiger partial charge in [0.1, 0.15) is 11.9 Å². The molecule has 0 saturated carbocycles. The first-order valence-corrected chi connectivity index (χ1v) is 10.6. The van der Waals surface area contributed by atoms with Crippen LogP contribution in [0.3, 0.4) is 0 Å². The third kappa shape index (κ3) is 8.87. The zero-order chi connectivity index (χ0) is 20.9. The van der Waals surface area contributed by atoms with Crippen molar-refractivity contribution in [1.82, 2.24) is 10.6 Å². The van der Waals surface area contributed by atoms with E-state index in [1.165, 1.54) is 12.0 Å². The maximum Gasteiger partial charge on any atom is 0.249 e. The van der Waals surface area contributed by atoms with E-state index in [1.807, 2.05) is 54.6 Å². The Morgan fingerprint density at radius 1 is 1.10 bits per heavy atom. The van der Waals surface area contributed by atoms with Crippen LogP contribution in [0.2, 0.25) is 0 Å². The molecule has 158 valence electrons. The highest BCUT2D eigenvalue weighted by Gasteiger charge is 2.18. The molecule has 0 aliphatic carbocycles. The van der Waals surface area contributed by atoms with Crippen molar-refractivity contribution < 1.29 is 19.4 Å². The van der Waals surface area contributed by atoms with Crippen molar-refractivity contribution in [2.75, 3.05) is 33.1 Å². The Bertz CT molecular complexity index is 730. The minimum atomic E-state index is -0.680. The Labute approximate surface area is 177 Å². The molecule has 0 heterocycles. The Morgan fingerprint density at radius 2 is 1.90 bits per heavy atom. The fourth-order valence-corrected chi connectivity index (χ4v) is 3.64. The summed E-state index contributed by atoms with van der Waals surface area (Å²) in [6.07, 6.45) is -0.601. The predicted molar refractivity (Wildman–Crippen MR) is 116 cm³/mol. The van der Waals surface area contributed by atoms with E-state index in [1.54, 1.807) is 18.9 Å². The van der Waals surface area contributed by atoms with Crippen molar-refractivity contribution >= 4 is 17.7 Å². The number of hydrogen-bond acceptors (Lipinski definition) is 6. The summed E-state index contributed by atoms with van der Waals surface area (Å²) in [6, 6.07) is 17.8. The number of amides is 1. The minimum absolute atomic E-state index is 0.176. The van der Waals surface area contributed by atoms with Crippen molar-refractivity contribution in [3.05, 3.63) is 60.2 Å². The van der Waals surface area contributed by atoms with E-state index in [9.17, 15) is 9.90 Å². The number of carbonyl (C=O) groups excluding carboxylic acids is 1. The lowest BCUT2D eigenvalue weighted by Gasteiger charge is -2.17. The summed E-state index contributed by atoms with van der Waals surface area (Å²) < 4.78 is 10.5. The molecule has 0 bridgehead atoms. The summed E-state index contributed by atoms with van der Waals surface area (Å²) >= 11 is 1.69. The van der Waals surface area contributed by atoms with Crippen LogP contribution in [-0.4, -0.2) is 56.3 Å². The highest BCUT2D eigenvalue weighted by atomic mass is 32.2. The van der Waals surface area contributed by atoms with Crippen molar-refractivity contribution in [3.63, 3.8) is 0 Å². The fraction of sp³-hybridized carbons (Fsp3) is 0.409. The lowest BCUT2D eigenvalue weighted by molar-refractivity contribution is -0.131. The van der Waals surface area contributed by atoms with Crippen LogP contribution in [0.15, 0.2) is 59.5 Å². The molecule has 0 aliphatic rings. The average molecular weight is 419 g/mol. The van der Waals surface area contributed by atoms with Crippen molar-refractivity contribution in [2.24, 2.45) is 0 Å². The molecular weight excluding hydrogens is 388 g/mol. The smallest absolute Gasteiger partial charge is 0.249 e. The van der Waals surface area contributed by atoms with Gasteiger partial charge in [0.05, 0.1) is 13.2 Å². The Hall–Kier alpha value is -2.06. The molecule has 2 unspecified atom stereocenters. The van der Waals surface area contributed by atoms with Gasteiger partial charge in [-0.2, -0.15) is 0 Å². The number of rotatable bonds is 13. The van der Waals surface area contributed by atoms with Crippen LogP contribution in [0.5, 0.6) is 5.75 Å². The number of carbonyl (C=O) groups is 1. The van der Waals surface area contributed by atoms with Gasteiger partial charge in [0.15, 0.2) is 0 Å². The fourth-order valence-electron chi connectivity index (χ4n) is 2.73. The highest BCUT2D eigenvalue weighted by Crippen LogP contribution is 2.19. The molecule has 0 aromatic heterocycles. The number of thioether (sulfide) groups is 1. The monoisotopic (exact) mass is 418 g/mol. The van der Waals surface area contributed by atoms with Gasteiger partial charge >= 0.3 is 0 Å². The maximum absolute atomic E-state index is 12.3. The van der Waals surface area contributed by atoms with E-state index < -0.39 is 12.2 Å². The van der Waals surface area contributed by atoms with Gasteiger partial charge in [0.2, 0.25) is 5.91 Å². The number of methoxy groups -OCH3 is 2. The van der Waals surface area contributed by atoms with Crippen LogP contribution in [0.1, 0.15) is 12.0 Å². The molecule has 2 rings (SSSR count). The predicted octanol–water partition coefficient (Wildman–Crippen LogP) is 2.46. The first-order chi connectivity index (χ1) is 14.1. The van der Waals surface area contributed by atoms with Crippen LogP contribution >= 0.6 is 11.8 Å². The summed E-state index contributed by atoms with van der Waals surface area (Å²) in [6.45, 7) is 1.16. The van der Waals surface area contributed by atoms with Gasteiger partial charge in [0.25, 0.3) is 0 Å². The van der Waals surface area contributed by atoms with E-state index in [0.717, 1.165) is 17.1 Å². The van der Waals surface area contributed by atoms with Gasteiger partial charge < -0.3 is 25.2 Å². The lowest BCUT2D eigenvalue weighted by atomic mass is 10.2. The molecule has 29 heavy (non-hydrogen) atoms. The number of ether oxygens (including phenoxy) is 2. The molecule has 0 aliphatic heterocycles.